The molecular formula is C43H38ClN7O3. The SMILES string of the molecule is CCOC(=O)[C@H]1C2CCC(CC2)[C@@H]1Nc1cc(-c2ncco2)nc(-c2cn(C(c3ccccc3)(c3ccccc3)c3ccccc3)c3ncc(Cl)nc23)n1. The Kier molecular flexibility index (Phi) is 8.90. The lowest BCUT2D eigenvalue weighted by Gasteiger charge is -2.47. The van der Waals surface area contributed by atoms with E-state index < -0.39 is 5.54 Å². The number of oxazole rings is 1. The van der Waals surface area contributed by atoms with E-state index in [2.05, 4.69) is 51.3 Å². The zero-order valence-electron chi connectivity index (χ0n) is 29.7. The number of ether oxygens (including phenoxy) is 1. The molecule has 0 spiro atoms. The van der Waals surface area contributed by atoms with Crippen LogP contribution in [0.15, 0.2) is 126 Å². The molecule has 3 fully saturated rings. The first-order chi connectivity index (χ1) is 26.5. The Bertz CT molecular complexity index is 2300. The average molecular weight is 736 g/mol. The number of nitrogens with one attached hydrogen (secondary N) is 1. The highest BCUT2D eigenvalue weighted by atomic mass is 35.5. The summed E-state index contributed by atoms with van der Waals surface area (Å²) in [6, 6.07) is 32.8. The molecule has 0 saturated heterocycles. The first-order valence-electron chi connectivity index (χ1n) is 18.5. The van der Waals surface area contributed by atoms with E-state index in [1.165, 1.54) is 6.26 Å². The highest BCUT2D eigenvalue weighted by Gasteiger charge is 2.48. The first-order valence-corrected chi connectivity index (χ1v) is 18.9. The van der Waals surface area contributed by atoms with Crippen LogP contribution in [0.4, 0.5) is 5.82 Å². The normalized spacial score (nSPS) is 19.5. The van der Waals surface area contributed by atoms with Crippen molar-refractivity contribution in [3.05, 3.63) is 144 Å². The average Bonchev–Trinajstić information content (AvgIpc) is 3.90. The quantitative estimate of drug-likeness (QED) is 0.109. The van der Waals surface area contributed by atoms with Crippen LogP contribution in [-0.2, 0) is 15.1 Å². The van der Waals surface area contributed by atoms with Crippen molar-refractivity contribution in [2.45, 2.75) is 44.2 Å². The van der Waals surface area contributed by atoms with Crippen molar-refractivity contribution in [1.82, 2.24) is 29.5 Å². The molecule has 3 aromatic carbocycles. The summed E-state index contributed by atoms with van der Waals surface area (Å²) in [6.45, 7) is 2.20. The molecule has 1 N–H and O–H groups in total. The summed E-state index contributed by atoms with van der Waals surface area (Å²) < 4.78 is 13.6. The molecule has 54 heavy (non-hydrogen) atoms. The standard InChI is InChI=1S/C43H38ClN7O3/c1-2-53-42(52)36-27-18-20-28(21-19-27)37(36)49-35-24-33(41-45-22-23-54-41)47-39(50-35)32-26-51(40-38(32)48-34(44)25-46-40)43(29-12-6-3-7-13-29,30-14-8-4-9-15-30)31-16-10-5-11-17-31/h3-17,22-28,36-37H,2,18-21H2,1H3,(H,47,49,50)/t27?,28?,36-,37-/m0/s1. The predicted octanol–water partition coefficient (Wildman–Crippen LogP) is 8.82. The number of anilines is 1. The summed E-state index contributed by atoms with van der Waals surface area (Å²) in [6.07, 6.45) is 10.8. The molecule has 3 aliphatic carbocycles. The maximum atomic E-state index is 13.4. The highest BCUT2D eigenvalue weighted by Crippen LogP contribution is 2.48. The predicted molar refractivity (Wildman–Crippen MR) is 207 cm³/mol. The van der Waals surface area contributed by atoms with E-state index in [0.717, 1.165) is 42.4 Å². The van der Waals surface area contributed by atoms with E-state index >= 15 is 0 Å². The zero-order valence-corrected chi connectivity index (χ0v) is 30.4. The smallest absolute Gasteiger partial charge is 0.311 e. The fourth-order valence-electron chi connectivity index (χ4n) is 8.85. The van der Waals surface area contributed by atoms with Crippen LogP contribution in [0, 0.1) is 17.8 Å². The third-order valence-corrected chi connectivity index (χ3v) is 11.3. The molecule has 270 valence electrons. The lowest BCUT2D eigenvalue weighted by molar-refractivity contribution is -0.154. The van der Waals surface area contributed by atoms with E-state index in [-0.39, 0.29) is 29.0 Å². The van der Waals surface area contributed by atoms with E-state index in [0.29, 0.717) is 52.5 Å². The molecule has 0 radical (unpaired) electrons. The Morgan fingerprint density at radius 1 is 0.870 bits per heavy atom. The summed E-state index contributed by atoms with van der Waals surface area (Å²) in [5.41, 5.74) is 4.42. The van der Waals surface area contributed by atoms with Crippen LogP contribution in [0.5, 0.6) is 0 Å². The summed E-state index contributed by atoms with van der Waals surface area (Å²) in [5, 5.41) is 3.94. The highest BCUT2D eigenvalue weighted by molar-refractivity contribution is 6.29. The summed E-state index contributed by atoms with van der Waals surface area (Å²) in [5.74, 6) is 1.42. The van der Waals surface area contributed by atoms with Gasteiger partial charge in [-0.05, 0) is 61.1 Å². The largest absolute Gasteiger partial charge is 0.466 e. The van der Waals surface area contributed by atoms with Crippen LogP contribution < -0.4 is 5.32 Å². The Morgan fingerprint density at radius 2 is 1.50 bits per heavy atom. The molecule has 4 aromatic heterocycles. The van der Waals surface area contributed by atoms with E-state index in [4.69, 9.17) is 40.7 Å². The van der Waals surface area contributed by atoms with Gasteiger partial charge in [-0.25, -0.2) is 24.9 Å². The minimum absolute atomic E-state index is 0.144. The van der Waals surface area contributed by atoms with Gasteiger partial charge in [0.1, 0.15) is 34.0 Å². The van der Waals surface area contributed by atoms with Crippen molar-refractivity contribution in [3.8, 4) is 23.0 Å². The van der Waals surface area contributed by atoms with Crippen LogP contribution in [0.3, 0.4) is 0 Å². The molecule has 3 saturated carbocycles. The second kappa shape index (κ2) is 14.2. The number of aromatic nitrogens is 6. The zero-order chi connectivity index (χ0) is 36.6. The number of carbonyl (C=O) groups is 1. The molecular weight excluding hydrogens is 698 g/mol. The van der Waals surface area contributed by atoms with Gasteiger partial charge in [0.25, 0.3) is 0 Å². The third-order valence-electron chi connectivity index (χ3n) is 11.1. The van der Waals surface area contributed by atoms with Gasteiger partial charge < -0.3 is 19.0 Å². The van der Waals surface area contributed by atoms with Gasteiger partial charge in [-0.15, -0.1) is 0 Å². The third kappa shape index (κ3) is 5.81. The van der Waals surface area contributed by atoms with Gasteiger partial charge in [0, 0.05) is 18.3 Å². The lowest BCUT2D eigenvalue weighted by atomic mass is 9.61. The van der Waals surface area contributed by atoms with Gasteiger partial charge in [0.2, 0.25) is 5.89 Å². The van der Waals surface area contributed by atoms with Crippen LogP contribution in [0.25, 0.3) is 34.1 Å². The van der Waals surface area contributed by atoms with Gasteiger partial charge in [-0.2, -0.15) is 0 Å². The molecule has 11 heteroatoms. The minimum atomic E-state index is -0.891. The number of hydrogen-bond acceptors (Lipinski definition) is 9. The summed E-state index contributed by atoms with van der Waals surface area (Å²) >= 11 is 6.63. The number of hydrogen-bond donors (Lipinski definition) is 1. The molecule has 10 nitrogen and oxygen atoms in total. The Labute approximate surface area is 317 Å². The molecule has 0 aliphatic heterocycles. The molecule has 10 rings (SSSR count). The fourth-order valence-corrected chi connectivity index (χ4v) is 8.98. The summed E-state index contributed by atoms with van der Waals surface area (Å²) in [7, 11) is 0. The van der Waals surface area contributed by atoms with Crippen molar-refractivity contribution in [2.24, 2.45) is 17.8 Å². The van der Waals surface area contributed by atoms with E-state index in [1.54, 1.807) is 12.4 Å². The Hall–Kier alpha value is -5.87. The van der Waals surface area contributed by atoms with Crippen molar-refractivity contribution < 1.29 is 13.9 Å². The van der Waals surface area contributed by atoms with Crippen LogP contribution in [0.2, 0.25) is 5.15 Å². The molecule has 0 unspecified atom stereocenters. The van der Waals surface area contributed by atoms with Crippen molar-refractivity contribution >= 4 is 34.6 Å². The molecule has 4 heterocycles. The fraction of sp³-hybridized carbons (Fsp3) is 0.256. The van der Waals surface area contributed by atoms with Crippen molar-refractivity contribution in [3.63, 3.8) is 0 Å². The Balaban J connectivity index is 1.28. The Morgan fingerprint density at radius 3 is 2.09 bits per heavy atom. The number of fused-ring (bicyclic) bond motifs is 4. The van der Waals surface area contributed by atoms with Crippen LogP contribution in [0.1, 0.15) is 49.3 Å². The van der Waals surface area contributed by atoms with Crippen molar-refractivity contribution in [2.75, 3.05) is 11.9 Å². The molecule has 0 amide bonds. The number of esters is 1. The van der Waals surface area contributed by atoms with Gasteiger partial charge in [0.05, 0.1) is 30.5 Å². The number of carbonyl (C=O) groups excluding carboxylic acids is 1. The monoisotopic (exact) mass is 735 g/mol. The number of rotatable bonds is 10. The van der Waals surface area contributed by atoms with E-state index in [1.807, 2.05) is 73.8 Å². The number of halogens is 1. The second-order valence-corrected chi connectivity index (χ2v) is 14.4. The van der Waals surface area contributed by atoms with Gasteiger partial charge in [-0.3, -0.25) is 4.79 Å². The maximum absolute atomic E-state index is 13.4. The second-order valence-electron chi connectivity index (χ2n) is 14.0. The van der Waals surface area contributed by atoms with Gasteiger partial charge in [-0.1, -0.05) is 103 Å². The molecule has 2 atom stereocenters. The maximum Gasteiger partial charge on any atom is 0.311 e. The number of nitrogens with zero attached hydrogens (tertiary/aromatic N) is 6. The van der Waals surface area contributed by atoms with Gasteiger partial charge in [0.15, 0.2) is 11.5 Å². The van der Waals surface area contributed by atoms with Crippen LogP contribution in [-0.4, -0.2) is 48.1 Å². The summed E-state index contributed by atoms with van der Waals surface area (Å²) in [4.78, 5) is 37.9. The van der Waals surface area contributed by atoms with E-state index in [9.17, 15) is 4.79 Å². The van der Waals surface area contributed by atoms with Gasteiger partial charge >= 0.3 is 5.97 Å². The molecule has 3 aliphatic rings. The topological polar surface area (TPSA) is 121 Å². The first kappa shape index (κ1) is 33.9. The molecule has 7 aromatic rings. The van der Waals surface area contributed by atoms with Crippen molar-refractivity contribution in [1.29, 1.82) is 0 Å². The lowest BCUT2D eigenvalue weighted by Crippen LogP contribution is -2.52. The number of benzene rings is 3. The minimum Gasteiger partial charge on any atom is -0.466 e. The van der Waals surface area contributed by atoms with Crippen LogP contribution >= 0.6 is 11.6 Å². The molecule has 2 bridgehead atoms.